The predicted octanol–water partition coefficient (Wildman–Crippen LogP) is 2.07. The van der Waals surface area contributed by atoms with E-state index < -0.39 is 0 Å². The van der Waals surface area contributed by atoms with Gasteiger partial charge in [-0.15, -0.1) is 0 Å². The Morgan fingerprint density at radius 3 is 2.79 bits per heavy atom. The van der Waals surface area contributed by atoms with E-state index in [1.807, 2.05) is 4.68 Å². The minimum Gasteiger partial charge on any atom is -0.352 e. The van der Waals surface area contributed by atoms with Crippen LogP contribution < -0.4 is 5.32 Å². The van der Waals surface area contributed by atoms with Crippen LogP contribution in [0.4, 0.5) is 0 Å². The van der Waals surface area contributed by atoms with Gasteiger partial charge in [0.1, 0.15) is 12.7 Å². The summed E-state index contributed by atoms with van der Waals surface area (Å²) in [4.78, 5) is 19.0. The molecule has 6 heteroatoms. The monoisotopic (exact) mass is 333 g/mol. The Labute approximate surface area is 145 Å². The summed E-state index contributed by atoms with van der Waals surface area (Å²) in [6, 6.07) is 0.342. The molecule has 0 bridgehead atoms. The number of carbonyl (C=O) groups excluding carboxylic acids is 1. The molecule has 0 radical (unpaired) electrons. The standard InChI is InChI=1S/C18H31N5O/c1-14-5-7-17(8-6-14)21-18(24)15(2)22-9-3-4-16(10-22)11-23-13-19-12-20-23/h12-17H,3-11H2,1-2H3,(H,21,24)/t14?,15-,16-,17?/m1/s1. The average Bonchev–Trinajstić information content (AvgIpc) is 3.09. The van der Waals surface area contributed by atoms with E-state index in [2.05, 4.69) is 34.1 Å². The molecule has 1 N–H and O–H groups in total. The van der Waals surface area contributed by atoms with Crippen molar-refractivity contribution in [3.8, 4) is 0 Å². The van der Waals surface area contributed by atoms with Gasteiger partial charge >= 0.3 is 0 Å². The number of piperidine rings is 1. The highest BCUT2D eigenvalue weighted by Gasteiger charge is 2.29. The number of nitrogens with zero attached hydrogens (tertiary/aromatic N) is 4. The van der Waals surface area contributed by atoms with Crippen molar-refractivity contribution in [1.29, 1.82) is 0 Å². The van der Waals surface area contributed by atoms with E-state index in [9.17, 15) is 4.79 Å². The highest BCUT2D eigenvalue weighted by atomic mass is 16.2. The molecule has 1 aliphatic heterocycles. The van der Waals surface area contributed by atoms with Crippen LogP contribution in [0, 0.1) is 11.8 Å². The van der Waals surface area contributed by atoms with Crippen LogP contribution >= 0.6 is 0 Å². The molecule has 2 fully saturated rings. The largest absolute Gasteiger partial charge is 0.352 e. The third-order valence-corrected chi connectivity index (χ3v) is 5.75. The molecule has 1 saturated heterocycles. The lowest BCUT2D eigenvalue weighted by molar-refractivity contribution is -0.127. The van der Waals surface area contributed by atoms with Gasteiger partial charge in [0, 0.05) is 19.1 Å². The Morgan fingerprint density at radius 1 is 1.29 bits per heavy atom. The van der Waals surface area contributed by atoms with E-state index in [-0.39, 0.29) is 11.9 Å². The first-order chi connectivity index (χ1) is 11.6. The molecule has 1 aromatic heterocycles. The Hall–Kier alpha value is -1.43. The second-order valence-electron chi connectivity index (χ2n) is 7.76. The number of amides is 1. The van der Waals surface area contributed by atoms with Gasteiger partial charge in [-0.1, -0.05) is 6.92 Å². The minimum atomic E-state index is -0.0390. The molecule has 134 valence electrons. The highest BCUT2D eigenvalue weighted by molar-refractivity contribution is 5.81. The van der Waals surface area contributed by atoms with Crippen molar-refractivity contribution in [2.24, 2.45) is 11.8 Å². The second kappa shape index (κ2) is 8.10. The SMILES string of the molecule is CC1CCC(NC(=O)[C@@H](C)N2CCC[C@@H](Cn3cncn3)C2)CC1. The summed E-state index contributed by atoms with van der Waals surface area (Å²) >= 11 is 0. The third-order valence-electron chi connectivity index (χ3n) is 5.75. The Kier molecular flexibility index (Phi) is 5.87. The minimum absolute atomic E-state index is 0.0390. The molecule has 1 aliphatic carbocycles. The first-order valence-electron chi connectivity index (χ1n) is 9.48. The summed E-state index contributed by atoms with van der Waals surface area (Å²) < 4.78 is 1.90. The van der Waals surface area contributed by atoms with Crippen molar-refractivity contribution in [3.05, 3.63) is 12.7 Å². The summed E-state index contributed by atoms with van der Waals surface area (Å²) in [6.45, 7) is 7.24. The number of aromatic nitrogens is 3. The van der Waals surface area contributed by atoms with E-state index in [1.54, 1.807) is 12.7 Å². The molecule has 2 aliphatic rings. The first-order valence-corrected chi connectivity index (χ1v) is 9.48. The molecule has 0 aromatic carbocycles. The zero-order valence-corrected chi connectivity index (χ0v) is 15.0. The molecular weight excluding hydrogens is 302 g/mol. The van der Waals surface area contributed by atoms with E-state index in [4.69, 9.17) is 0 Å². The Balaban J connectivity index is 1.48. The number of rotatable bonds is 5. The highest BCUT2D eigenvalue weighted by Crippen LogP contribution is 2.24. The maximum atomic E-state index is 12.6. The number of carbonyl (C=O) groups is 1. The quantitative estimate of drug-likeness (QED) is 0.896. The lowest BCUT2D eigenvalue weighted by Crippen LogP contribution is -2.52. The van der Waals surface area contributed by atoms with Gasteiger partial charge in [0.25, 0.3) is 0 Å². The van der Waals surface area contributed by atoms with Crippen LogP contribution in [0.5, 0.6) is 0 Å². The van der Waals surface area contributed by atoms with E-state index in [0.29, 0.717) is 12.0 Å². The van der Waals surface area contributed by atoms with Crippen LogP contribution in [0.3, 0.4) is 0 Å². The molecular formula is C18H31N5O. The van der Waals surface area contributed by atoms with Crippen molar-refractivity contribution in [2.45, 2.75) is 71.0 Å². The van der Waals surface area contributed by atoms with Gasteiger partial charge in [-0.3, -0.25) is 14.4 Å². The fourth-order valence-electron chi connectivity index (χ4n) is 4.08. The van der Waals surface area contributed by atoms with Gasteiger partial charge in [0.05, 0.1) is 6.04 Å². The molecule has 0 unspecified atom stereocenters. The van der Waals surface area contributed by atoms with Crippen molar-refractivity contribution < 1.29 is 4.79 Å². The zero-order valence-electron chi connectivity index (χ0n) is 15.0. The summed E-state index contributed by atoms with van der Waals surface area (Å²) in [5, 5.41) is 7.50. The Morgan fingerprint density at radius 2 is 2.08 bits per heavy atom. The predicted molar refractivity (Wildman–Crippen MR) is 93.3 cm³/mol. The molecule has 2 atom stereocenters. The topological polar surface area (TPSA) is 63.1 Å². The summed E-state index contributed by atoms with van der Waals surface area (Å²) in [6.07, 6.45) is 10.5. The second-order valence-corrected chi connectivity index (χ2v) is 7.76. The van der Waals surface area contributed by atoms with Gasteiger partial charge in [-0.2, -0.15) is 5.10 Å². The van der Waals surface area contributed by atoms with E-state index in [0.717, 1.165) is 44.8 Å². The van der Waals surface area contributed by atoms with Crippen LogP contribution in [0.2, 0.25) is 0 Å². The Bertz CT molecular complexity index is 509. The fourth-order valence-corrected chi connectivity index (χ4v) is 4.08. The van der Waals surface area contributed by atoms with Crippen LogP contribution in [-0.2, 0) is 11.3 Å². The average molecular weight is 333 g/mol. The van der Waals surface area contributed by atoms with Crippen molar-refractivity contribution in [2.75, 3.05) is 13.1 Å². The lowest BCUT2D eigenvalue weighted by atomic mass is 9.87. The van der Waals surface area contributed by atoms with Gasteiger partial charge in [0.15, 0.2) is 0 Å². The molecule has 1 saturated carbocycles. The molecule has 1 amide bonds. The maximum absolute atomic E-state index is 12.6. The van der Waals surface area contributed by atoms with Crippen LogP contribution in [0.25, 0.3) is 0 Å². The maximum Gasteiger partial charge on any atom is 0.237 e. The van der Waals surface area contributed by atoms with Gasteiger partial charge in [-0.25, -0.2) is 4.98 Å². The summed E-state index contributed by atoms with van der Waals surface area (Å²) in [5.74, 6) is 1.57. The van der Waals surface area contributed by atoms with Crippen molar-refractivity contribution in [1.82, 2.24) is 25.0 Å². The third kappa shape index (κ3) is 4.56. The zero-order chi connectivity index (χ0) is 16.9. The van der Waals surface area contributed by atoms with Crippen LogP contribution in [-0.4, -0.2) is 50.7 Å². The van der Waals surface area contributed by atoms with Gasteiger partial charge in [-0.05, 0) is 63.8 Å². The molecule has 6 nitrogen and oxygen atoms in total. The molecule has 24 heavy (non-hydrogen) atoms. The smallest absolute Gasteiger partial charge is 0.237 e. The first kappa shape index (κ1) is 17.4. The number of likely N-dealkylation sites (tertiary alicyclic amines) is 1. The number of nitrogens with one attached hydrogen (secondary N) is 1. The number of hydrogen-bond acceptors (Lipinski definition) is 4. The summed E-state index contributed by atoms with van der Waals surface area (Å²) in [5.41, 5.74) is 0. The van der Waals surface area contributed by atoms with E-state index in [1.165, 1.54) is 19.3 Å². The molecule has 2 heterocycles. The van der Waals surface area contributed by atoms with Crippen LogP contribution in [0.15, 0.2) is 12.7 Å². The molecule has 1 aromatic rings. The summed E-state index contributed by atoms with van der Waals surface area (Å²) in [7, 11) is 0. The normalized spacial score (nSPS) is 30.0. The fraction of sp³-hybridized carbons (Fsp3) is 0.833. The number of hydrogen-bond donors (Lipinski definition) is 1. The van der Waals surface area contributed by atoms with Crippen molar-refractivity contribution in [3.63, 3.8) is 0 Å². The molecule has 3 rings (SSSR count). The van der Waals surface area contributed by atoms with Gasteiger partial charge in [0.2, 0.25) is 5.91 Å². The van der Waals surface area contributed by atoms with Gasteiger partial charge < -0.3 is 5.32 Å². The van der Waals surface area contributed by atoms with Crippen LogP contribution in [0.1, 0.15) is 52.4 Å². The molecule has 0 spiro atoms. The van der Waals surface area contributed by atoms with Crippen molar-refractivity contribution >= 4 is 5.91 Å². The lowest BCUT2D eigenvalue weighted by Gasteiger charge is -2.37. The van der Waals surface area contributed by atoms with E-state index >= 15 is 0 Å².